The lowest BCUT2D eigenvalue weighted by Crippen LogP contribution is -2.74. The van der Waals surface area contributed by atoms with Crippen molar-refractivity contribution >= 4 is 11.9 Å². The van der Waals surface area contributed by atoms with E-state index < -0.39 is 0 Å². The van der Waals surface area contributed by atoms with Crippen molar-refractivity contribution in [3.8, 4) is 0 Å². The summed E-state index contributed by atoms with van der Waals surface area (Å²) in [4.78, 5) is 31.8. The minimum atomic E-state index is -0.383. The lowest BCUT2D eigenvalue weighted by atomic mass is 9.88. The van der Waals surface area contributed by atoms with Crippen LogP contribution in [0.3, 0.4) is 0 Å². The van der Waals surface area contributed by atoms with Gasteiger partial charge in [-0.3, -0.25) is 4.79 Å². The van der Waals surface area contributed by atoms with Crippen molar-refractivity contribution in [2.75, 3.05) is 26.7 Å². The van der Waals surface area contributed by atoms with E-state index in [4.69, 9.17) is 0 Å². The number of amides is 3. The van der Waals surface area contributed by atoms with E-state index in [9.17, 15) is 9.59 Å². The first-order valence-electron chi connectivity index (χ1n) is 14.5. The molecule has 41 heavy (non-hydrogen) atoms. The molecule has 0 saturated carbocycles. The minimum absolute atomic E-state index is 0.0567. The van der Waals surface area contributed by atoms with Crippen LogP contribution in [0.15, 0.2) is 103 Å². The maximum atomic E-state index is 14.0. The first-order valence-corrected chi connectivity index (χ1v) is 14.5. The number of nitrogens with one attached hydrogen (secondary N) is 1. The van der Waals surface area contributed by atoms with E-state index >= 15 is 0 Å². The molecular formula is C34H41N5O2. The second kappa shape index (κ2) is 12.6. The van der Waals surface area contributed by atoms with Crippen LogP contribution in [0.4, 0.5) is 4.79 Å². The average molecular weight is 552 g/mol. The predicted molar refractivity (Wildman–Crippen MR) is 162 cm³/mol. The number of hydrogen-bond acceptors (Lipinski definition) is 4. The van der Waals surface area contributed by atoms with Crippen LogP contribution in [-0.4, -0.2) is 70.6 Å². The Labute approximate surface area is 244 Å². The van der Waals surface area contributed by atoms with Gasteiger partial charge in [0.15, 0.2) is 0 Å². The van der Waals surface area contributed by atoms with Crippen molar-refractivity contribution in [2.45, 2.75) is 44.9 Å². The SMILES string of the molecule is C=C1CN(C)N(C(=O)NCc2ccccc2)C2CN(CCC(c3ccccc3)c3ccccc3)C(=O)[C@H](C(C)C)N12. The Balaban J connectivity index is 1.40. The highest BCUT2D eigenvalue weighted by atomic mass is 16.2. The molecule has 0 spiro atoms. The van der Waals surface area contributed by atoms with E-state index in [-0.39, 0.29) is 36.0 Å². The van der Waals surface area contributed by atoms with Crippen LogP contribution in [0.5, 0.6) is 0 Å². The van der Waals surface area contributed by atoms with Gasteiger partial charge in [0.1, 0.15) is 12.2 Å². The van der Waals surface area contributed by atoms with Gasteiger partial charge in [-0.05, 0) is 29.0 Å². The fraction of sp³-hybridized carbons (Fsp3) is 0.353. The fourth-order valence-corrected chi connectivity index (χ4v) is 6.25. The van der Waals surface area contributed by atoms with Crippen molar-refractivity contribution in [3.63, 3.8) is 0 Å². The highest BCUT2D eigenvalue weighted by Crippen LogP contribution is 2.34. The molecule has 2 fully saturated rings. The van der Waals surface area contributed by atoms with Gasteiger partial charge in [0.2, 0.25) is 5.91 Å². The topological polar surface area (TPSA) is 59.1 Å². The second-order valence-corrected chi connectivity index (χ2v) is 11.4. The third kappa shape index (κ3) is 6.15. The van der Waals surface area contributed by atoms with E-state index in [2.05, 4.69) is 79.2 Å². The fourth-order valence-electron chi connectivity index (χ4n) is 6.25. The van der Waals surface area contributed by atoms with Gasteiger partial charge in [0, 0.05) is 31.8 Å². The van der Waals surface area contributed by atoms with Crippen LogP contribution in [0, 0.1) is 5.92 Å². The van der Waals surface area contributed by atoms with Crippen LogP contribution in [0.1, 0.15) is 42.9 Å². The quantitative estimate of drug-likeness (QED) is 0.413. The number of fused-ring (bicyclic) bond motifs is 1. The van der Waals surface area contributed by atoms with Crippen LogP contribution in [-0.2, 0) is 11.3 Å². The number of likely N-dealkylation sites (N-methyl/N-ethyl adjacent to an activating group) is 1. The molecule has 0 radical (unpaired) electrons. The summed E-state index contributed by atoms with van der Waals surface area (Å²) in [7, 11) is 1.91. The van der Waals surface area contributed by atoms with Gasteiger partial charge in [-0.2, -0.15) is 0 Å². The second-order valence-electron chi connectivity index (χ2n) is 11.4. The van der Waals surface area contributed by atoms with Crippen LogP contribution in [0.2, 0.25) is 0 Å². The predicted octanol–water partition coefficient (Wildman–Crippen LogP) is 5.29. The number of rotatable bonds is 8. The van der Waals surface area contributed by atoms with Crippen LogP contribution < -0.4 is 5.32 Å². The molecule has 7 nitrogen and oxygen atoms in total. The summed E-state index contributed by atoms with van der Waals surface area (Å²) in [5, 5.41) is 6.79. The molecule has 0 aromatic heterocycles. The molecule has 1 N–H and O–H groups in total. The number of nitrogens with zero attached hydrogens (tertiary/aromatic N) is 4. The number of urea groups is 1. The molecule has 3 aromatic carbocycles. The number of hydrazine groups is 1. The Morgan fingerprint density at radius 2 is 1.49 bits per heavy atom. The molecule has 0 bridgehead atoms. The van der Waals surface area contributed by atoms with E-state index in [1.54, 1.807) is 5.01 Å². The molecule has 2 aliphatic rings. The Kier molecular flexibility index (Phi) is 8.74. The van der Waals surface area contributed by atoms with Gasteiger partial charge < -0.3 is 15.1 Å². The molecule has 0 aliphatic carbocycles. The van der Waals surface area contributed by atoms with Gasteiger partial charge in [-0.15, -0.1) is 0 Å². The molecule has 2 saturated heterocycles. The smallest absolute Gasteiger partial charge is 0.334 e. The number of carbonyl (C=O) groups excluding carboxylic acids is 2. The third-order valence-corrected chi connectivity index (χ3v) is 8.21. The van der Waals surface area contributed by atoms with Gasteiger partial charge in [-0.1, -0.05) is 111 Å². The normalized spacial score (nSPS) is 19.6. The van der Waals surface area contributed by atoms with Crippen molar-refractivity contribution in [1.29, 1.82) is 0 Å². The van der Waals surface area contributed by atoms with Crippen molar-refractivity contribution in [3.05, 3.63) is 120 Å². The highest BCUT2D eigenvalue weighted by Gasteiger charge is 2.49. The van der Waals surface area contributed by atoms with Gasteiger partial charge in [0.25, 0.3) is 0 Å². The molecule has 2 heterocycles. The molecule has 214 valence electrons. The van der Waals surface area contributed by atoms with Gasteiger partial charge >= 0.3 is 6.03 Å². The van der Waals surface area contributed by atoms with Crippen LogP contribution >= 0.6 is 0 Å². The Morgan fingerprint density at radius 1 is 0.927 bits per heavy atom. The molecule has 7 heteroatoms. The maximum Gasteiger partial charge on any atom is 0.334 e. The van der Waals surface area contributed by atoms with E-state index in [0.29, 0.717) is 26.2 Å². The zero-order chi connectivity index (χ0) is 28.9. The summed E-state index contributed by atoms with van der Waals surface area (Å²) >= 11 is 0. The Morgan fingerprint density at radius 3 is 2.05 bits per heavy atom. The summed E-state index contributed by atoms with van der Waals surface area (Å²) in [5.41, 5.74) is 4.37. The Hall–Kier alpha value is -4.10. The zero-order valence-electron chi connectivity index (χ0n) is 24.3. The summed E-state index contributed by atoms with van der Waals surface area (Å²) in [6.45, 7) is 10.4. The van der Waals surface area contributed by atoms with E-state index in [1.807, 2.05) is 59.4 Å². The first kappa shape index (κ1) is 28.4. The van der Waals surface area contributed by atoms with Gasteiger partial charge in [0.05, 0.1) is 13.1 Å². The molecule has 1 unspecified atom stereocenters. The van der Waals surface area contributed by atoms with Crippen molar-refractivity contribution in [1.82, 2.24) is 25.1 Å². The molecule has 2 aliphatic heterocycles. The number of carbonyl (C=O) groups is 2. The monoisotopic (exact) mass is 551 g/mol. The maximum absolute atomic E-state index is 14.0. The summed E-state index contributed by atoms with van der Waals surface area (Å²) in [6.07, 6.45) is 0.447. The standard InChI is InChI=1S/C34H41N5O2/c1-25(2)32-33(40)37(21-20-30(28-16-10-6-11-17-28)29-18-12-7-13-19-29)24-31-38(32)26(3)23-36(4)39(31)34(41)35-22-27-14-8-5-9-15-27/h5-19,25,30-32H,3,20-24H2,1-2,4H3,(H,35,41)/t31?,32-/m0/s1. The minimum Gasteiger partial charge on any atom is -0.339 e. The number of benzene rings is 3. The van der Waals surface area contributed by atoms with E-state index in [0.717, 1.165) is 17.7 Å². The Bertz CT molecular complexity index is 1290. The first-order chi connectivity index (χ1) is 19.8. The molecule has 5 rings (SSSR count). The molecular weight excluding hydrogens is 510 g/mol. The van der Waals surface area contributed by atoms with Crippen molar-refractivity contribution < 1.29 is 9.59 Å². The lowest BCUT2D eigenvalue weighted by molar-refractivity contribution is -0.168. The summed E-state index contributed by atoms with van der Waals surface area (Å²) in [5.74, 6) is 0.322. The third-order valence-electron chi connectivity index (χ3n) is 8.21. The van der Waals surface area contributed by atoms with E-state index in [1.165, 1.54) is 11.1 Å². The average Bonchev–Trinajstić information content (AvgIpc) is 2.98. The highest BCUT2D eigenvalue weighted by molar-refractivity contribution is 5.84. The molecule has 2 atom stereocenters. The van der Waals surface area contributed by atoms with Crippen molar-refractivity contribution in [2.24, 2.45) is 5.92 Å². The lowest BCUT2D eigenvalue weighted by Gasteiger charge is -2.57. The van der Waals surface area contributed by atoms with Crippen LogP contribution in [0.25, 0.3) is 0 Å². The molecule has 3 aromatic rings. The largest absolute Gasteiger partial charge is 0.339 e. The molecule has 3 amide bonds. The van der Waals surface area contributed by atoms with Gasteiger partial charge in [-0.25, -0.2) is 14.8 Å². The summed E-state index contributed by atoms with van der Waals surface area (Å²) < 4.78 is 0. The zero-order valence-corrected chi connectivity index (χ0v) is 24.3. The summed E-state index contributed by atoms with van der Waals surface area (Å²) in [6, 6.07) is 30.3. The number of hydrogen-bond donors (Lipinski definition) is 1. The number of piperazine rings is 1.